The first kappa shape index (κ1) is 8.69. The fraction of sp³-hybridized carbons (Fsp3) is 0.143. The molecule has 0 spiro atoms. The number of epoxide rings is 1. The van der Waals surface area contributed by atoms with Gasteiger partial charge in [-0.3, -0.25) is 0 Å². The van der Waals surface area contributed by atoms with Crippen molar-refractivity contribution in [2.75, 3.05) is 0 Å². The summed E-state index contributed by atoms with van der Waals surface area (Å²) in [4.78, 5) is 0. The maximum atomic E-state index is 5.69. The zero-order valence-electron chi connectivity index (χ0n) is 8.34. The number of ether oxygens (including phenoxy) is 1. The maximum absolute atomic E-state index is 5.69. The minimum atomic E-state index is 0.258. The van der Waals surface area contributed by atoms with Crippen molar-refractivity contribution >= 4 is 0 Å². The minimum absolute atomic E-state index is 0.258. The Morgan fingerprint density at radius 3 is 1.40 bits per heavy atom. The van der Waals surface area contributed by atoms with Crippen molar-refractivity contribution in [3.05, 3.63) is 71.8 Å². The first-order chi connectivity index (χ1) is 7.45. The molecule has 0 amide bonds. The molecule has 1 heteroatoms. The predicted octanol–water partition coefficient (Wildman–Crippen LogP) is 3.50. The number of hydrogen-bond acceptors (Lipinski definition) is 1. The fourth-order valence-corrected chi connectivity index (χ4v) is 1.90. The van der Waals surface area contributed by atoms with Crippen LogP contribution in [0.3, 0.4) is 0 Å². The van der Waals surface area contributed by atoms with Gasteiger partial charge < -0.3 is 4.74 Å². The van der Waals surface area contributed by atoms with E-state index in [2.05, 4.69) is 48.5 Å². The van der Waals surface area contributed by atoms with Crippen molar-refractivity contribution in [2.45, 2.75) is 12.2 Å². The molecule has 0 radical (unpaired) electrons. The molecular weight excluding hydrogens is 184 g/mol. The van der Waals surface area contributed by atoms with Gasteiger partial charge in [0.2, 0.25) is 0 Å². The highest BCUT2D eigenvalue weighted by molar-refractivity contribution is 5.29. The van der Waals surface area contributed by atoms with Crippen LogP contribution in [-0.4, -0.2) is 0 Å². The van der Waals surface area contributed by atoms with Gasteiger partial charge in [-0.25, -0.2) is 0 Å². The summed E-state index contributed by atoms with van der Waals surface area (Å²) in [6, 6.07) is 20.8. The van der Waals surface area contributed by atoms with Crippen LogP contribution in [0.4, 0.5) is 0 Å². The van der Waals surface area contributed by atoms with E-state index in [4.69, 9.17) is 4.74 Å². The Balaban J connectivity index is 1.81. The normalized spacial score (nSPS) is 23.7. The summed E-state index contributed by atoms with van der Waals surface area (Å²) >= 11 is 0. The lowest BCUT2D eigenvalue weighted by Crippen LogP contribution is -1.82. The summed E-state index contributed by atoms with van der Waals surface area (Å²) in [5.41, 5.74) is 2.54. The van der Waals surface area contributed by atoms with Crippen molar-refractivity contribution in [3.8, 4) is 0 Å². The Hall–Kier alpha value is -1.60. The van der Waals surface area contributed by atoms with Gasteiger partial charge in [-0.2, -0.15) is 0 Å². The second kappa shape index (κ2) is 3.52. The molecule has 2 aromatic carbocycles. The van der Waals surface area contributed by atoms with E-state index in [1.807, 2.05) is 12.1 Å². The van der Waals surface area contributed by atoms with Crippen LogP contribution in [0.25, 0.3) is 0 Å². The van der Waals surface area contributed by atoms with Gasteiger partial charge in [0.1, 0.15) is 12.2 Å². The molecule has 15 heavy (non-hydrogen) atoms. The Morgan fingerprint density at radius 2 is 1.00 bits per heavy atom. The zero-order valence-corrected chi connectivity index (χ0v) is 8.34. The second-order valence-corrected chi connectivity index (χ2v) is 3.80. The Bertz CT molecular complexity index is 392. The highest BCUT2D eigenvalue weighted by Crippen LogP contribution is 2.50. The van der Waals surface area contributed by atoms with Crippen LogP contribution < -0.4 is 0 Å². The lowest BCUT2D eigenvalue weighted by molar-refractivity contribution is 0.377. The Kier molecular flexibility index (Phi) is 2.04. The summed E-state index contributed by atoms with van der Waals surface area (Å²) in [6.45, 7) is 0. The molecule has 2 aromatic rings. The van der Waals surface area contributed by atoms with E-state index in [0.717, 1.165) is 0 Å². The summed E-state index contributed by atoms with van der Waals surface area (Å²) in [5, 5.41) is 0. The van der Waals surface area contributed by atoms with E-state index in [1.54, 1.807) is 0 Å². The number of benzene rings is 2. The highest BCUT2D eigenvalue weighted by atomic mass is 16.6. The quantitative estimate of drug-likeness (QED) is 0.670. The van der Waals surface area contributed by atoms with Crippen LogP contribution in [0.2, 0.25) is 0 Å². The average molecular weight is 196 g/mol. The zero-order chi connectivity index (χ0) is 10.1. The summed E-state index contributed by atoms with van der Waals surface area (Å²) in [6.07, 6.45) is 0.516. The van der Waals surface area contributed by atoms with E-state index in [-0.39, 0.29) is 12.2 Å². The van der Waals surface area contributed by atoms with E-state index >= 15 is 0 Å². The van der Waals surface area contributed by atoms with Crippen molar-refractivity contribution in [1.29, 1.82) is 0 Å². The second-order valence-electron chi connectivity index (χ2n) is 3.80. The lowest BCUT2D eigenvalue weighted by atomic mass is 10.0. The fourth-order valence-electron chi connectivity index (χ4n) is 1.90. The number of hydrogen-bond donors (Lipinski definition) is 0. The lowest BCUT2D eigenvalue weighted by Gasteiger charge is -1.95. The molecule has 0 bridgehead atoms. The third-order valence-electron chi connectivity index (χ3n) is 2.75. The van der Waals surface area contributed by atoms with Gasteiger partial charge >= 0.3 is 0 Å². The highest BCUT2D eigenvalue weighted by Gasteiger charge is 2.40. The molecule has 1 aliphatic heterocycles. The standard InChI is InChI=1S/C14H12O/c1-3-7-11(8-4-1)13-14(15-13)12-9-5-2-6-10-12/h1-10,13-14H. The van der Waals surface area contributed by atoms with Crippen LogP contribution in [0.5, 0.6) is 0 Å². The largest absolute Gasteiger partial charge is 0.359 e. The van der Waals surface area contributed by atoms with Crippen molar-refractivity contribution < 1.29 is 4.74 Å². The van der Waals surface area contributed by atoms with Gasteiger partial charge in [-0.1, -0.05) is 60.7 Å². The summed E-state index contributed by atoms with van der Waals surface area (Å²) < 4.78 is 5.69. The molecule has 1 aliphatic rings. The Morgan fingerprint density at radius 1 is 0.600 bits per heavy atom. The topological polar surface area (TPSA) is 12.5 Å². The molecular formula is C14H12O. The molecule has 74 valence electrons. The third-order valence-corrected chi connectivity index (χ3v) is 2.75. The van der Waals surface area contributed by atoms with E-state index in [9.17, 15) is 0 Å². The molecule has 0 saturated carbocycles. The molecule has 1 heterocycles. The van der Waals surface area contributed by atoms with Crippen molar-refractivity contribution in [1.82, 2.24) is 0 Å². The minimum Gasteiger partial charge on any atom is -0.359 e. The first-order valence-electron chi connectivity index (χ1n) is 5.20. The van der Waals surface area contributed by atoms with Crippen LogP contribution >= 0.6 is 0 Å². The first-order valence-corrected chi connectivity index (χ1v) is 5.20. The molecule has 0 aromatic heterocycles. The van der Waals surface area contributed by atoms with Crippen LogP contribution in [0.1, 0.15) is 23.3 Å². The van der Waals surface area contributed by atoms with Crippen LogP contribution in [0, 0.1) is 0 Å². The monoisotopic (exact) mass is 196 g/mol. The Labute approximate surface area is 89.3 Å². The SMILES string of the molecule is c1ccc(C2OC2c2ccccc2)cc1. The molecule has 1 nitrogen and oxygen atoms in total. The molecule has 1 fully saturated rings. The van der Waals surface area contributed by atoms with Crippen LogP contribution in [0.15, 0.2) is 60.7 Å². The van der Waals surface area contributed by atoms with Gasteiger partial charge in [-0.05, 0) is 11.1 Å². The van der Waals surface area contributed by atoms with Crippen molar-refractivity contribution in [2.24, 2.45) is 0 Å². The van der Waals surface area contributed by atoms with Gasteiger partial charge in [0.05, 0.1) is 0 Å². The van der Waals surface area contributed by atoms with Crippen molar-refractivity contribution in [3.63, 3.8) is 0 Å². The van der Waals surface area contributed by atoms with Crippen LogP contribution in [-0.2, 0) is 4.74 Å². The molecule has 0 aliphatic carbocycles. The summed E-state index contributed by atoms with van der Waals surface area (Å²) in [7, 11) is 0. The molecule has 2 atom stereocenters. The number of rotatable bonds is 2. The van der Waals surface area contributed by atoms with Gasteiger partial charge in [0, 0.05) is 0 Å². The smallest absolute Gasteiger partial charge is 0.114 e. The van der Waals surface area contributed by atoms with Gasteiger partial charge in [0.25, 0.3) is 0 Å². The summed E-state index contributed by atoms with van der Waals surface area (Å²) in [5.74, 6) is 0. The predicted molar refractivity (Wildman–Crippen MR) is 59.5 cm³/mol. The molecule has 2 unspecified atom stereocenters. The van der Waals surface area contributed by atoms with Gasteiger partial charge in [-0.15, -0.1) is 0 Å². The molecule has 0 N–H and O–H groups in total. The van der Waals surface area contributed by atoms with E-state index in [0.29, 0.717) is 0 Å². The van der Waals surface area contributed by atoms with E-state index in [1.165, 1.54) is 11.1 Å². The maximum Gasteiger partial charge on any atom is 0.114 e. The van der Waals surface area contributed by atoms with E-state index < -0.39 is 0 Å². The average Bonchev–Trinajstić information content (AvgIpc) is 3.11. The molecule has 3 rings (SSSR count). The third kappa shape index (κ3) is 1.66. The van der Waals surface area contributed by atoms with Gasteiger partial charge in [0.15, 0.2) is 0 Å². The molecule has 1 saturated heterocycles.